The Morgan fingerprint density at radius 2 is 2.09 bits per heavy atom. The minimum absolute atomic E-state index is 0.0162. The normalized spacial score (nSPS) is 19.8. The summed E-state index contributed by atoms with van der Waals surface area (Å²) >= 11 is 0. The molecular weight excluding hydrogens is 318 g/mol. The minimum atomic E-state index is -3.38. The van der Waals surface area contributed by atoms with Crippen molar-refractivity contribution in [2.45, 2.75) is 11.9 Å². The molecule has 128 valence electrons. The Labute approximate surface area is 137 Å². The first-order valence-corrected chi connectivity index (χ1v) is 9.08. The summed E-state index contributed by atoms with van der Waals surface area (Å²) in [5, 5.41) is 0. The van der Waals surface area contributed by atoms with Crippen LogP contribution in [0.5, 0.6) is 0 Å². The second kappa shape index (κ2) is 7.87. The van der Waals surface area contributed by atoms with Crippen LogP contribution in [0.25, 0.3) is 0 Å². The number of amides is 1. The largest absolute Gasteiger partial charge is 0.374 e. The number of hydrogen-bond acceptors (Lipinski definition) is 5. The molecule has 1 heterocycles. The van der Waals surface area contributed by atoms with Crippen molar-refractivity contribution in [1.82, 2.24) is 9.21 Å². The Balaban J connectivity index is 1.95. The van der Waals surface area contributed by atoms with Crippen LogP contribution in [0.2, 0.25) is 0 Å². The second-order valence-corrected chi connectivity index (χ2v) is 7.72. The number of nitrogens with zero attached hydrogens (tertiary/aromatic N) is 2. The van der Waals surface area contributed by atoms with Gasteiger partial charge in [-0.3, -0.25) is 9.69 Å². The van der Waals surface area contributed by atoms with E-state index in [4.69, 9.17) is 10.5 Å². The molecule has 0 aliphatic carbocycles. The lowest BCUT2D eigenvalue weighted by Crippen LogP contribution is -2.50. The lowest BCUT2D eigenvalue weighted by molar-refractivity contribution is -0.119. The molecule has 1 aliphatic heterocycles. The summed E-state index contributed by atoms with van der Waals surface area (Å²) in [7, 11) is -1.63. The number of benzene rings is 1. The van der Waals surface area contributed by atoms with Gasteiger partial charge in [-0.1, -0.05) is 30.3 Å². The van der Waals surface area contributed by atoms with Crippen LogP contribution >= 0.6 is 0 Å². The summed E-state index contributed by atoms with van der Waals surface area (Å²) in [6, 6.07) is 9.11. The Kier molecular flexibility index (Phi) is 6.11. The zero-order chi connectivity index (χ0) is 16.9. The van der Waals surface area contributed by atoms with E-state index in [0.717, 1.165) is 5.56 Å². The van der Waals surface area contributed by atoms with Crippen molar-refractivity contribution < 1.29 is 17.9 Å². The third-order valence-electron chi connectivity index (χ3n) is 3.63. The molecule has 0 aromatic heterocycles. The molecule has 7 nitrogen and oxygen atoms in total. The molecule has 8 heteroatoms. The molecule has 0 saturated carbocycles. The fourth-order valence-electron chi connectivity index (χ4n) is 2.61. The number of nitrogens with two attached hydrogens (primary N) is 1. The predicted molar refractivity (Wildman–Crippen MR) is 87.1 cm³/mol. The molecule has 1 aliphatic rings. The number of rotatable bonds is 7. The molecule has 23 heavy (non-hydrogen) atoms. The first kappa shape index (κ1) is 17.9. The Bertz CT molecular complexity index is 621. The van der Waals surface area contributed by atoms with Crippen LogP contribution in [0.15, 0.2) is 30.3 Å². The first-order chi connectivity index (χ1) is 10.9. The van der Waals surface area contributed by atoms with Crippen molar-refractivity contribution in [2.24, 2.45) is 5.73 Å². The maximum atomic E-state index is 12.5. The quantitative estimate of drug-likeness (QED) is 0.731. The number of primary amides is 1. The number of hydrogen-bond donors (Lipinski definition) is 1. The third kappa shape index (κ3) is 5.58. The Morgan fingerprint density at radius 3 is 2.74 bits per heavy atom. The van der Waals surface area contributed by atoms with Gasteiger partial charge in [-0.15, -0.1) is 0 Å². The average molecular weight is 341 g/mol. The van der Waals surface area contributed by atoms with Gasteiger partial charge in [0.25, 0.3) is 0 Å². The van der Waals surface area contributed by atoms with Gasteiger partial charge in [-0.05, 0) is 12.6 Å². The number of ether oxygens (including phenoxy) is 1. The van der Waals surface area contributed by atoms with E-state index in [1.807, 2.05) is 18.2 Å². The van der Waals surface area contributed by atoms with Gasteiger partial charge >= 0.3 is 0 Å². The first-order valence-electron chi connectivity index (χ1n) is 7.47. The van der Waals surface area contributed by atoms with Crippen LogP contribution < -0.4 is 5.73 Å². The van der Waals surface area contributed by atoms with E-state index in [9.17, 15) is 13.2 Å². The average Bonchev–Trinajstić information content (AvgIpc) is 2.47. The number of morpholine rings is 1. The summed E-state index contributed by atoms with van der Waals surface area (Å²) in [6.45, 7) is 1.57. The molecule has 0 radical (unpaired) electrons. The summed E-state index contributed by atoms with van der Waals surface area (Å²) < 4.78 is 32.2. The highest BCUT2D eigenvalue weighted by molar-refractivity contribution is 7.88. The van der Waals surface area contributed by atoms with E-state index >= 15 is 0 Å². The van der Waals surface area contributed by atoms with Gasteiger partial charge in [0.15, 0.2) is 0 Å². The Hall–Kier alpha value is -1.48. The molecule has 1 amide bonds. The smallest absolute Gasteiger partial charge is 0.231 e. The highest BCUT2D eigenvalue weighted by atomic mass is 32.2. The third-order valence-corrected chi connectivity index (χ3v) is 5.44. The second-order valence-electron chi connectivity index (χ2n) is 5.76. The van der Waals surface area contributed by atoms with Crippen LogP contribution in [-0.2, 0) is 25.3 Å². The SMILES string of the molecule is CN(CC(N)=O)C[C@H]1CN(S(=O)(=O)Cc2ccccc2)CCO1. The van der Waals surface area contributed by atoms with Gasteiger partial charge in [-0.25, -0.2) is 8.42 Å². The molecule has 2 N–H and O–H groups in total. The minimum Gasteiger partial charge on any atom is -0.374 e. The molecule has 1 atom stereocenters. The maximum Gasteiger partial charge on any atom is 0.231 e. The zero-order valence-corrected chi connectivity index (χ0v) is 14.0. The van der Waals surface area contributed by atoms with Crippen LogP contribution in [-0.4, -0.2) is 69.5 Å². The van der Waals surface area contributed by atoms with Crippen LogP contribution in [0, 0.1) is 0 Å². The van der Waals surface area contributed by atoms with E-state index in [1.54, 1.807) is 24.1 Å². The monoisotopic (exact) mass is 341 g/mol. The highest BCUT2D eigenvalue weighted by Gasteiger charge is 2.30. The summed E-state index contributed by atoms with van der Waals surface area (Å²) in [6.07, 6.45) is -0.265. The number of sulfonamides is 1. The summed E-state index contributed by atoms with van der Waals surface area (Å²) in [5.74, 6) is -0.436. The predicted octanol–water partition coefficient (Wildman–Crippen LogP) is -0.366. The molecule has 1 aromatic carbocycles. The number of carbonyl (C=O) groups is 1. The van der Waals surface area contributed by atoms with Crippen molar-refractivity contribution in [1.29, 1.82) is 0 Å². The lowest BCUT2D eigenvalue weighted by Gasteiger charge is -2.34. The van der Waals surface area contributed by atoms with E-state index < -0.39 is 15.9 Å². The lowest BCUT2D eigenvalue weighted by atomic mass is 10.2. The molecule has 1 fully saturated rings. The van der Waals surface area contributed by atoms with Gasteiger partial charge in [-0.2, -0.15) is 4.31 Å². The van der Waals surface area contributed by atoms with E-state index in [-0.39, 0.29) is 24.9 Å². The topological polar surface area (TPSA) is 92.9 Å². The van der Waals surface area contributed by atoms with Crippen LogP contribution in [0.1, 0.15) is 5.56 Å². The molecule has 1 saturated heterocycles. The van der Waals surface area contributed by atoms with Gasteiger partial charge in [0.2, 0.25) is 15.9 Å². The molecule has 0 unspecified atom stereocenters. The summed E-state index contributed by atoms with van der Waals surface area (Å²) in [5.41, 5.74) is 5.92. The summed E-state index contributed by atoms with van der Waals surface area (Å²) in [4.78, 5) is 12.6. The van der Waals surface area contributed by atoms with Gasteiger partial charge < -0.3 is 10.5 Å². The molecule has 0 spiro atoms. The van der Waals surface area contributed by atoms with E-state index in [2.05, 4.69) is 0 Å². The number of likely N-dealkylation sites (N-methyl/N-ethyl adjacent to an activating group) is 1. The van der Waals surface area contributed by atoms with Crippen molar-refractivity contribution in [3.63, 3.8) is 0 Å². The van der Waals surface area contributed by atoms with Gasteiger partial charge in [0.1, 0.15) is 0 Å². The maximum absolute atomic E-state index is 12.5. The molecular formula is C15H23N3O4S. The zero-order valence-electron chi connectivity index (χ0n) is 13.2. The van der Waals surface area contributed by atoms with Crippen molar-refractivity contribution in [3.8, 4) is 0 Å². The van der Waals surface area contributed by atoms with Crippen molar-refractivity contribution in [2.75, 3.05) is 39.8 Å². The fourth-order valence-corrected chi connectivity index (χ4v) is 4.15. The van der Waals surface area contributed by atoms with E-state index in [1.165, 1.54) is 4.31 Å². The highest BCUT2D eigenvalue weighted by Crippen LogP contribution is 2.15. The fraction of sp³-hybridized carbons (Fsp3) is 0.533. The number of carbonyl (C=O) groups excluding carboxylic acids is 1. The van der Waals surface area contributed by atoms with Gasteiger partial charge in [0, 0.05) is 19.6 Å². The standard InChI is InChI=1S/C15H23N3O4S/c1-17(11-15(16)19)9-14-10-18(7-8-22-14)23(20,21)12-13-5-3-2-4-6-13/h2-6,14H,7-12H2,1H3,(H2,16,19)/t14-/m0/s1. The van der Waals surface area contributed by atoms with Crippen molar-refractivity contribution >= 4 is 15.9 Å². The molecule has 2 rings (SSSR count). The van der Waals surface area contributed by atoms with Crippen LogP contribution in [0.3, 0.4) is 0 Å². The Morgan fingerprint density at radius 1 is 1.39 bits per heavy atom. The van der Waals surface area contributed by atoms with Crippen molar-refractivity contribution in [3.05, 3.63) is 35.9 Å². The van der Waals surface area contributed by atoms with Gasteiger partial charge in [0.05, 0.1) is 25.0 Å². The van der Waals surface area contributed by atoms with Crippen LogP contribution in [0.4, 0.5) is 0 Å². The van der Waals surface area contributed by atoms with E-state index in [0.29, 0.717) is 19.7 Å². The molecule has 0 bridgehead atoms. The molecule has 1 aromatic rings.